The second kappa shape index (κ2) is 18.2. The van der Waals surface area contributed by atoms with Gasteiger partial charge >= 0.3 is 12.2 Å². The lowest BCUT2D eigenvalue weighted by atomic mass is 9.86. The summed E-state index contributed by atoms with van der Waals surface area (Å²) in [6.07, 6.45) is 6.29. The Kier molecular flexibility index (Phi) is 15.1. The second-order valence-corrected chi connectivity index (χ2v) is 11.7. The van der Waals surface area contributed by atoms with E-state index in [4.69, 9.17) is 9.47 Å². The van der Waals surface area contributed by atoms with Crippen molar-refractivity contribution in [1.82, 2.24) is 14.7 Å². The van der Waals surface area contributed by atoms with Gasteiger partial charge in [-0.15, -0.1) is 0 Å². The Hall–Kier alpha value is -3.50. The number of rotatable bonds is 15. The van der Waals surface area contributed by atoms with E-state index < -0.39 is 24.2 Å². The Morgan fingerprint density at radius 2 is 1.77 bits per heavy atom. The first-order chi connectivity index (χ1) is 20.4. The number of ether oxygens (including phenoxy) is 2. The maximum Gasteiger partial charge on any atom is 0.410 e. The monoisotopic (exact) mass is 599 g/mol. The highest BCUT2D eigenvalue weighted by Crippen LogP contribution is 2.25. The number of likely N-dealkylation sites (N-methyl/N-ethyl adjacent to an activating group) is 1. The number of carbonyl (C=O) groups is 4. The van der Waals surface area contributed by atoms with Crippen LogP contribution in [0.5, 0.6) is 0 Å². The first-order valence-electron chi connectivity index (χ1n) is 15.0. The van der Waals surface area contributed by atoms with Gasteiger partial charge in [-0.3, -0.25) is 0 Å². The fraction of sp³-hybridized carbons (Fsp3) is 0.576. The van der Waals surface area contributed by atoms with Gasteiger partial charge in [0.2, 0.25) is 0 Å². The van der Waals surface area contributed by atoms with E-state index >= 15 is 0 Å². The summed E-state index contributed by atoms with van der Waals surface area (Å²) < 4.78 is 11.2. The Bertz CT molecular complexity index is 1110. The lowest BCUT2D eigenvalue weighted by molar-refractivity contribution is -0.111. The van der Waals surface area contributed by atoms with E-state index in [2.05, 4.69) is 4.90 Å². The van der Waals surface area contributed by atoms with Crippen molar-refractivity contribution in [3.05, 3.63) is 53.1 Å². The van der Waals surface area contributed by atoms with Crippen LogP contribution in [0, 0.1) is 17.8 Å². The summed E-state index contributed by atoms with van der Waals surface area (Å²) in [6.45, 7) is 8.68. The minimum absolute atomic E-state index is 0.0715. The summed E-state index contributed by atoms with van der Waals surface area (Å²) in [7, 11) is 5.27. The smallest absolute Gasteiger partial charge is 0.410 e. The lowest BCUT2D eigenvalue weighted by Crippen LogP contribution is -2.48. The van der Waals surface area contributed by atoms with Gasteiger partial charge in [-0.2, -0.15) is 0 Å². The van der Waals surface area contributed by atoms with Crippen LogP contribution in [0.3, 0.4) is 0 Å². The molecule has 5 atom stereocenters. The molecule has 1 aliphatic rings. The van der Waals surface area contributed by atoms with Crippen LogP contribution >= 0.6 is 0 Å². The largest absolute Gasteiger partial charge is 0.445 e. The highest BCUT2D eigenvalue weighted by Gasteiger charge is 2.26. The van der Waals surface area contributed by atoms with E-state index in [1.54, 1.807) is 19.0 Å². The third-order valence-electron chi connectivity index (χ3n) is 7.80. The van der Waals surface area contributed by atoms with Crippen LogP contribution in [0.4, 0.5) is 9.59 Å². The fourth-order valence-corrected chi connectivity index (χ4v) is 4.83. The molecule has 0 aromatic heterocycles. The molecular weight excluding hydrogens is 550 g/mol. The number of aldehydes is 2. The molecule has 0 aliphatic carbocycles. The van der Waals surface area contributed by atoms with Gasteiger partial charge in [0.1, 0.15) is 25.3 Å². The molecular formula is C33H49N3O7. The van der Waals surface area contributed by atoms with Crippen LogP contribution < -0.4 is 0 Å². The third kappa shape index (κ3) is 12.3. The van der Waals surface area contributed by atoms with Crippen molar-refractivity contribution in [2.24, 2.45) is 17.8 Å². The number of allylic oxidation sites excluding steroid dienone is 2. The van der Waals surface area contributed by atoms with Crippen molar-refractivity contribution in [2.75, 3.05) is 47.3 Å². The molecule has 0 radical (unpaired) electrons. The SMILES string of the molecule is C/C(=C\c1cccc(COC(=O)N(C)C)c1)[C@@H](C=O)[C@@H](C)/C=C/[C@H](OC(=O)N1CCN(C)CC1)[C@@H](C)CC[C@@H](O)CC=O. The predicted octanol–water partition coefficient (Wildman–Crippen LogP) is 4.41. The molecule has 0 saturated carbocycles. The second-order valence-electron chi connectivity index (χ2n) is 11.7. The van der Waals surface area contributed by atoms with Crippen LogP contribution in [0.2, 0.25) is 0 Å². The molecule has 1 fully saturated rings. The zero-order valence-electron chi connectivity index (χ0n) is 26.5. The maximum absolute atomic E-state index is 13.0. The van der Waals surface area contributed by atoms with E-state index in [0.29, 0.717) is 32.2 Å². The highest BCUT2D eigenvalue weighted by molar-refractivity contribution is 5.68. The number of piperazine rings is 1. The molecule has 43 heavy (non-hydrogen) atoms. The van der Waals surface area contributed by atoms with Gasteiger partial charge in [0.15, 0.2) is 0 Å². The minimum Gasteiger partial charge on any atom is -0.445 e. The Labute approximate surface area is 256 Å². The van der Waals surface area contributed by atoms with Crippen LogP contribution in [0.1, 0.15) is 51.2 Å². The molecule has 238 valence electrons. The molecule has 1 N–H and O–H groups in total. The molecule has 10 nitrogen and oxygen atoms in total. The van der Waals surface area contributed by atoms with E-state index in [1.165, 1.54) is 4.90 Å². The Morgan fingerprint density at radius 1 is 1.07 bits per heavy atom. The Morgan fingerprint density at radius 3 is 2.40 bits per heavy atom. The average molecular weight is 600 g/mol. The molecule has 2 amide bonds. The van der Waals surface area contributed by atoms with Crippen LogP contribution in [-0.4, -0.2) is 104 Å². The van der Waals surface area contributed by atoms with Crippen molar-refractivity contribution in [2.45, 2.75) is 58.8 Å². The van der Waals surface area contributed by atoms with Gasteiger partial charge in [-0.25, -0.2) is 9.59 Å². The number of hydrogen-bond acceptors (Lipinski definition) is 8. The molecule has 1 aromatic carbocycles. The molecule has 2 rings (SSSR count). The number of benzene rings is 1. The first kappa shape index (κ1) is 35.7. The number of aliphatic hydroxyl groups excluding tert-OH is 1. The standard InChI is InChI=1S/C33H49N3O7/c1-24(30(22-38)26(3)20-27-8-7-9-28(21-27)23-42-32(40)34(4)5)11-13-31(25(2)10-12-29(39)14-19-37)43-33(41)36-17-15-35(6)16-18-36/h7-9,11,13,19-22,24-25,29-31,39H,10,12,14-18,23H2,1-6H3/b13-11+,26-20+/t24-,25-,29+,30-,31-/m0/s1. The number of nitrogens with zero attached hydrogens (tertiary/aromatic N) is 3. The highest BCUT2D eigenvalue weighted by atomic mass is 16.6. The van der Waals surface area contributed by atoms with Gasteiger partial charge in [-0.1, -0.05) is 49.8 Å². The van der Waals surface area contributed by atoms with Gasteiger partial charge in [-0.05, 0) is 61.9 Å². The molecule has 0 spiro atoms. The number of amides is 2. The lowest BCUT2D eigenvalue weighted by Gasteiger charge is -2.33. The van der Waals surface area contributed by atoms with Crippen LogP contribution in [-0.2, 0) is 25.7 Å². The molecule has 0 bridgehead atoms. The normalized spacial score (nSPS) is 17.9. The molecule has 1 heterocycles. The minimum atomic E-state index is -0.734. The van der Waals surface area contributed by atoms with Crippen LogP contribution in [0.15, 0.2) is 42.0 Å². The average Bonchev–Trinajstić information content (AvgIpc) is 2.97. The number of hydrogen-bond donors (Lipinski definition) is 1. The zero-order valence-corrected chi connectivity index (χ0v) is 26.5. The summed E-state index contributed by atoms with van der Waals surface area (Å²) in [5.41, 5.74) is 2.59. The van der Waals surface area contributed by atoms with Crippen LogP contribution in [0.25, 0.3) is 6.08 Å². The summed E-state index contributed by atoms with van der Waals surface area (Å²) >= 11 is 0. The maximum atomic E-state index is 13.0. The van der Waals surface area contributed by atoms with E-state index in [-0.39, 0.29) is 31.0 Å². The molecule has 10 heteroatoms. The van der Waals surface area contributed by atoms with Crippen molar-refractivity contribution in [3.8, 4) is 0 Å². The summed E-state index contributed by atoms with van der Waals surface area (Å²) in [5, 5.41) is 10.0. The van der Waals surface area contributed by atoms with Crippen molar-refractivity contribution < 1.29 is 33.8 Å². The quantitative estimate of drug-likeness (QED) is 0.233. The molecule has 1 saturated heterocycles. The number of aliphatic hydroxyl groups is 1. The third-order valence-corrected chi connectivity index (χ3v) is 7.80. The van der Waals surface area contributed by atoms with Gasteiger partial charge in [0, 0.05) is 52.6 Å². The molecule has 1 aromatic rings. The predicted molar refractivity (Wildman–Crippen MR) is 166 cm³/mol. The first-order valence-corrected chi connectivity index (χ1v) is 15.0. The van der Waals surface area contributed by atoms with Crippen molar-refractivity contribution in [3.63, 3.8) is 0 Å². The molecule has 1 aliphatic heterocycles. The van der Waals surface area contributed by atoms with Crippen molar-refractivity contribution in [1.29, 1.82) is 0 Å². The van der Waals surface area contributed by atoms with Gasteiger partial charge < -0.3 is 38.9 Å². The summed E-state index contributed by atoms with van der Waals surface area (Å²) in [6, 6.07) is 7.60. The Balaban J connectivity index is 2.15. The topological polar surface area (TPSA) is 117 Å². The fourth-order valence-electron chi connectivity index (χ4n) is 4.83. The van der Waals surface area contributed by atoms with E-state index in [1.807, 2.05) is 70.3 Å². The van der Waals surface area contributed by atoms with E-state index in [0.717, 1.165) is 36.1 Å². The molecule has 0 unspecified atom stereocenters. The zero-order chi connectivity index (χ0) is 31.9. The summed E-state index contributed by atoms with van der Waals surface area (Å²) in [5.74, 6) is -0.710. The summed E-state index contributed by atoms with van der Waals surface area (Å²) in [4.78, 5) is 53.0. The number of carbonyl (C=O) groups excluding carboxylic acids is 4. The van der Waals surface area contributed by atoms with Gasteiger partial charge in [0.05, 0.1) is 6.10 Å². The van der Waals surface area contributed by atoms with E-state index in [9.17, 15) is 24.3 Å². The van der Waals surface area contributed by atoms with Gasteiger partial charge in [0.25, 0.3) is 0 Å². The van der Waals surface area contributed by atoms with Crippen molar-refractivity contribution >= 4 is 30.8 Å².